The largest absolute Gasteiger partial charge is 0.409 e. The van der Waals surface area contributed by atoms with E-state index in [9.17, 15) is 0 Å². The van der Waals surface area contributed by atoms with Crippen LogP contribution in [0.2, 0.25) is 0 Å². The molecule has 3 rings (SSSR count). The summed E-state index contributed by atoms with van der Waals surface area (Å²) in [5.41, 5.74) is 9.32. The van der Waals surface area contributed by atoms with Gasteiger partial charge in [0.15, 0.2) is 5.84 Å². The van der Waals surface area contributed by atoms with Gasteiger partial charge in [0.1, 0.15) is 5.69 Å². The van der Waals surface area contributed by atoms with Crippen LogP contribution in [0, 0.1) is 0 Å². The second kappa shape index (κ2) is 5.32. The lowest BCUT2D eigenvalue weighted by Crippen LogP contribution is -2.37. The minimum atomic E-state index is 0.0157. The second-order valence-corrected chi connectivity index (χ2v) is 4.92. The number of fused-ring (bicyclic) bond motifs is 1. The molecule has 6 nitrogen and oxygen atoms in total. The average Bonchev–Trinajstić information content (AvgIpc) is 2.55. The molecule has 0 saturated carbocycles. The lowest BCUT2D eigenvalue weighted by Gasteiger charge is -2.37. The quantitative estimate of drug-likeness (QED) is 0.380. The third-order valence-electron chi connectivity index (χ3n) is 3.67. The van der Waals surface area contributed by atoms with Gasteiger partial charge < -0.3 is 20.7 Å². The van der Waals surface area contributed by atoms with Gasteiger partial charge in [-0.3, -0.25) is 4.98 Å². The van der Waals surface area contributed by atoms with Gasteiger partial charge >= 0.3 is 0 Å². The number of likely N-dealkylation sites (N-methyl/N-ethyl adjacent to an activating group) is 1. The van der Waals surface area contributed by atoms with E-state index in [4.69, 9.17) is 10.9 Å². The number of nitrogens with two attached hydrogens (primary N) is 1. The van der Waals surface area contributed by atoms with Crippen LogP contribution in [0.15, 0.2) is 47.8 Å². The zero-order valence-corrected chi connectivity index (χ0v) is 11.8. The summed E-state index contributed by atoms with van der Waals surface area (Å²) in [7, 11) is 2.07. The molecule has 0 fully saturated rings. The molecule has 0 amide bonds. The number of para-hydroxylation sites is 2. The Labute approximate surface area is 123 Å². The first kappa shape index (κ1) is 13.2. The van der Waals surface area contributed by atoms with E-state index in [2.05, 4.69) is 39.1 Å². The second-order valence-electron chi connectivity index (χ2n) is 4.92. The molecular weight excluding hydrogens is 266 g/mol. The monoisotopic (exact) mass is 283 g/mol. The topological polar surface area (TPSA) is 78.0 Å². The Kier molecular flexibility index (Phi) is 3.35. The minimum Gasteiger partial charge on any atom is -0.409 e. The number of hydrogen-bond donors (Lipinski definition) is 2. The highest BCUT2D eigenvalue weighted by atomic mass is 16.4. The van der Waals surface area contributed by atoms with Crippen molar-refractivity contribution in [2.75, 3.05) is 29.9 Å². The molecule has 2 aromatic rings. The van der Waals surface area contributed by atoms with Gasteiger partial charge in [-0.25, -0.2) is 0 Å². The van der Waals surface area contributed by atoms with Crippen molar-refractivity contribution in [1.82, 2.24) is 4.98 Å². The molecule has 0 spiro atoms. The molecule has 1 aromatic heterocycles. The Hall–Kier alpha value is -2.76. The van der Waals surface area contributed by atoms with Crippen molar-refractivity contribution in [1.29, 1.82) is 0 Å². The first-order valence-corrected chi connectivity index (χ1v) is 6.73. The lowest BCUT2D eigenvalue weighted by atomic mass is 10.1. The van der Waals surface area contributed by atoms with E-state index < -0.39 is 0 Å². The third kappa shape index (κ3) is 2.24. The molecule has 0 atom stereocenters. The summed E-state index contributed by atoms with van der Waals surface area (Å²) in [6.45, 7) is 1.70. The van der Waals surface area contributed by atoms with Gasteiger partial charge in [-0.1, -0.05) is 17.3 Å². The van der Waals surface area contributed by atoms with Gasteiger partial charge in [0, 0.05) is 26.3 Å². The zero-order chi connectivity index (χ0) is 14.8. The fourth-order valence-corrected chi connectivity index (χ4v) is 2.62. The number of rotatable bonds is 2. The third-order valence-corrected chi connectivity index (χ3v) is 3.67. The SMILES string of the molecule is CN1CCN(c2cccnc2/C(N)=N/O)c2ccccc21. The molecule has 0 bridgehead atoms. The van der Waals surface area contributed by atoms with Crippen LogP contribution in [0.3, 0.4) is 0 Å². The molecule has 2 heterocycles. The first-order valence-electron chi connectivity index (χ1n) is 6.73. The van der Waals surface area contributed by atoms with Crippen molar-refractivity contribution >= 4 is 22.9 Å². The Bertz CT molecular complexity index is 685. The van der Waals surface area contributed by atoms with Crippen LogP contribution >= 0.6 is 0 Å². The lowest BCUT2D eigenvalue weighted by molar-refractivity contribution is 0.318. The summed E-state index contributed by atoms with van der Waals surface area (Å²) in [5.74, 6) is 0.0157. The predicted molar refractivity (Wildman–Crippen MR) is 83.5 cm³/mol. The summed E-state index contributed by atoms with van der Waals surface area (Å²) in [6.07, 6.45) is 1.64. The Morgan fingerprint density at radius 3 is 2.62 bits per heavy atom. The van der Waals surface area contributed by atoms with E-state index in [1.54, 1.807) is 6.20 Å². The standard InChI is InChI=1S/C15H17N5O/c1-19-9-10-20(12-6-3-2-5-11(12)19)13-7-4-8-17-14(13)15(16)18-21/h2-8,21H,9-10H2,1H3,(H2,16,18). The summed E-state index contributed by atoms with van der Waals surface area (Å²) < 4.78 is 0. The maximum absolute atomic E-state index is 8.94. The van der Waals surface area contributed by atoms with Gasteiger partial charge in [0.25, 0.3) is 0 Å². The summed E-state index contributed by atoms with van der Waals surface area (Å²) >= 11 is 0. The molecule has 1 aromatic carbocycles. The summed E-state index contributed by atoms with van der Waals surface area (Å²) in [6, 6.07) is 12.0. The predicted octanol–water partition coefficient (Wildman–Crippen LogP) is 1.76. The van der Waals surface area contributed by atoms with Crippen LogP contribution in [0.25, 0.3) is 0 Å². The molecule has 108 valence electrons. The van der Waals surface area contributed by atoms with Crippen LogP contribution in [0.1, 0.15) is 5.69 Å². The van der Waals surface area contributed by atoms with Gasteiger partial charge in [0.2, 0.25) is 0 Å². The van der Waals surface area contributed by atoms with Crippen LogP contribution in [0.4, 0.5) is 17.1 Å². The van der Waals surface area contributed by atoms with E-state index in [1.807, 2.05) is 24.3 Å². The van der Waals surface area contributed by atoms with E-state index in [-0.39, 0.29) is 5.84 Å². The van der Waals surface area contributed by atoms with Crippen molar-refractivity contribution in [3.8, 4) is 0 Å². The zero-order valence-electron chi connectivity index (χ0n) is 11.8. The fourth-order valence-electron chi connectivity index (χ4n) is 2.62. The van der Waals surface area contributed by atoms with E-state index in [0.29, 0.717) is 5.69 Å². The smallest absolute Gasteiger partial charge is 0.190 e. The van der Waals surface area contributed by atoms with E-state index >= 15 is 0 Å². The van der Waals surface area contributed by atoms with Crippen LogP contribution in [-0.4, -0.2) is 36.2 Å². The first-order chi connectivity index (χ1) is 10.2. The van der Waals surface area contributed by atoms with Crippen LogP contribution in [0.5, 0.6) is 0 Å². The molecule has 6 heteroatoms. The summed E-state index contributed by atoms with van der Waals surface area (Å²) in [5, 5.41) is 12.0. The molecule has 1 aliphatic heterocycles. The molecule has 0 radical (unpaired) electrons. The highest BCUT2D eigenvalue weighted by molar-refractivity contribution is 6.01. The number of oxime groups is 1. The van der Waals surface area contributed by atoms with Crippen molar-refractivity contribution in [2.45, 2.75) is 0 Å². The molecule has 0 saturated heterocycles. The van der Waals surface area contributed by atoms with E-state index in [0.717, 1.165) is 30.2 Å². The maximum atomic E-state index is 8.94. The van der Waals surface area contributed by atoms with Crippen LogP contribution < -0.4 is 15.5 Å². The van der Waals surface area contributed by atoms with Gasteiger partial charge in [-0.15, -0.1) is 0 Å². The highest BCUT2D eigenvalue weighted by Crippen LogP contribution is 2.37. The van der Waals surface area contributed by atoms with Crippen molar-refractivity contribution in [3.05, 3.63) is 48.3 Å². The van der Waals surface area contributed by atoms with Crippen molar-refractivity contribution in [3.63, 3.8) is 0 Å². The van der Waals surface area contributed by atoms with E-state index in [1.165, 1.54) is 0 Å². The van der Waals surface area contributed by atoms with Crippen molar-refractivity contribution < 1.29 is 5.21 Å². The number of aromatic nitrogens is 1. The number of pyridine rings is 1. The minimum absolute atomic E-state index is 0.0157. The number of benzene rings is 1. The normalized spacial score (nSPS) is 15.0. The van der Waals surface area contributed by atoms with Crippen molar-refractivity contribution in [2.24, 2.45) is 10.9 Å². The maximum Gasteiger partial charge on any atom is 0.190 e. The molecular formula is C15H17N5O. The summed E-state index contributed by atoms with van der Waals surface area (Å²) in [4.78, 5) is 8.61. The highest BCUT2D eigenvalue weighted by Gasteiger charge is 2.24. The molecule has 21 heavy (non-hydrogen) atoms. The van der Waals surface area contributed by atoms with Gasteiger partial charge in [-0.05, 0) is 24.3 Å². The molecule has 3 N–H and O–H groups in total. The fraction of sp³-hybridized carbons (Fsp3) is 0.200. The number of hydrogen-bond acceptors (Lipinski definition) is 5. The molecule has 1 aliphatic rings. The van der Waals surface area contributed by atoms with Crippen LogP contribution in [-0.2, 0) is 0 Å². The number of nitrogens with zero attached hydrogens (tertiary/aromatic N) is 4. The molecule has 0 unspecified atom stereocenters. The Balaban J connectivity index is 2.13. The number of anilines is 3. The van der Waals surface area contributed by atoms with Gasteiger partial charge in [-0.2, -0.15) is 0 Å². The Morgan fingerprint density at radius 2 is 1.86 bits per heavy atom. The van der Waals surface area contributed by atoms with Gasteiger partial charge in [0.05, 0.1) is 17.1 Å². The Morgan fingerprint density at radius 1 is 1.14 bits per heavy atom. The average molecular weight is 283 g/mol. The number of amidine groups is 1. The molecule has 0 aliphatic carbocycles.